The first-order valence-corrected chi connectivity index (χ1v) is 9.74. The number of allylic oxidation sites excluding steroid dienone is 2. The van der Waals surface area contributed by atoms with Crippen molar-refractivity contribution in [2.75, 3.05) is 0 Å². The van der Waals surface area contributed by atoms with Gasteiger partial charge in [0, 0.05) is 6.92 Å². The fourth-order valence-electron chi connectivity index (χ4n) is 2.69. The van der Waals surface area contributed by atoms with Gasteiger partial charge >= 0.3 is 5.97 Å². The summed E-state index contributed by atoms with van der Waals surface area (Å²) in [5, 5.41) is 0. The predicted molar refractivity (Wildman–Crippen MR) is 99.2 cm³/mol. The number of rotatable bonds is 16. The van der Waals surface area contributed by atoms with Gasteiger partial charge in [-0.05, 0) is 38.5 Å². The van der Waals surface area contributed by atoms with E-state index in [4.69, 9.17) is 10.5 Å². The molecular formula is C20H39NO2. The highest BCUT2D eigenvalue weighted by Crippen LogP contribution is 2.10. The van der Waals surface area contributed by atoms with Crippen molar-refractivity contribution in [3.05, 3.63) is 12.2 Å². The van der Waals surface area contributed by atoms with Gasteiger partial charge in [-0.15, -0.1) is 0 Å². The predicted octanol–water partition coefficient (Wildman–Crippen LogP) is 5.87. The van der Waals surface area contributed by atoms with Crippen LogP contribution in [0.5, 0.6) is 0 Å². The van der Waals surface area contributed by atoms with Gasteiger partial charge in [-0.3, -0.25) is 10.5 Å². The number of hydrogen-bond acceptors (Lipinski definition) is 3. The molecule has 23 heavy (non-hydrogen) atoms. The third kappa shape index (κ3) is 19.1. The van der Waals surface area contributed by atoms with Crippen molar-refractivity contribution < 1.29 is 9.53 Å². The van der Waals surface area contributed by atoms with Gasteiger partial charge in [-0.2, -0.15) is 0 Å². The molecule has 2 N–H and O–H groups in total. The van der Waals surface area contributed by atoms with Gasteiger partial charge in [-0.25, -0.2) is 0 Å². The lowest BCUT2D eigenvalue weighted by Gasteiger charge is -2.10. The maximum absolute atomic E-state index is 10.7. The van der Waals surface area contributed by atoms with Gasteiger partial charge in [0.25, 0.3) is 0 Å². The van der Waals surface area contributed by atoms with E-state index in [9.17, 15) is 4.79 Å². The summed E-state index contributed by atoms with van der Waals surface area (Å²) in [4.78, 5) is 10.7. The number of esters is 1. The fourth-order valence-corrected chi connectivity index (χ4v) is 2.69. The Bertz CT molecular complexity index is 289. The summed E-state index contributed by atoms with van der Waals surface area (Å²) in [6.45, 7) is 3.67. The first kappa shape index (κ1) is 22.2. The van der Waals surface area contributed by atoms with Gasteiger partial charge in [0.15, 0.2) is 6.23 Å². The zero-order valence-corrected chi connectivity index (χ0v) is 15.5. The first-order chi connectivity index (χ1) is 11.2. The molecule has 0 aliphatic heterocycles. The molecule has 0 saturated heterocycles. The molecular weight excluding hydrogens is 286 g/mol. The minimum absolute atomic E-state index is 0.287. The average molecular weight is 326 g/mol. The van der Waals surface area contributed by atoms with Crippen LogP contribution in [-0.2, 0) is 9.53 Å². The number of unbranched alkanes of at least 4 members (excludes halogenated alkanes) is 11. The quantitative estimate of drug-likeness (QED) is 0.167. The van der Waals surface area contributed by atoms with Gasteiger partial charge < -0.3 is 4.74 Å². The standard InChI is InChI=1S/C20H39NO2/c1-3-4-5-6-7-8-9-10-11-12-13-14-15-16-17-18-20(21)23-19(2)22/h10-11,20H,3-9,12-18,21H2,1-2H3/b11-10-. The normalized spacial score (nSPS) is 12.7. The Kier molecular flexibility index (Phi) is 16.9. The molecule has 3 nitrogen and oxygen atoms in total. The SMILES string of the molecule is CCCCCCCC/C=C\CCCCCCCC(N)OC(C)=O. The minimum Gasteiger partial charge on any atom is -0.447 e. The third-order valence-electron chi connectivity index (χ3n) is 4.07. The Hall–Kier alpha value is -0.830. The smallest absolute Gasteiger partial charge is 0.304 e. The van der Waals surface area contributed by atoms with Crippen molar-refractivity contribution in [1.29, 1.82) is 0 Å². The second-order valence-corrected chi connectivity index (χ2v) is 6.52. The molecule has 0 rings (SSSR count). The number of ether oxygens (including phenoxy) is 1. The molecule has 1 atom stereocenters. The number of hydrogen-bond donors (Lipinski definition) is 1. The van der Waals surface area contributed by atoms with E-state index < -0.39 is 6.23 Å². The molecule has 0 aliphatic carbocycles. The number of carbonyl (C=O) groups excluding carboxylic acids is 1. The van der Waals surface area contributed by atoms with Crippen molar-refractivity contribution >= 4 is 5.97 Å². The minimum atomic E-state index is -0.419. The molecule has 0 amide bonds. The van der Waals surface area contributed by atoms with Gasteiger partial charge in [0.05, 0.1) is 0 Å². The third-order valence-corrected chi connectivity index (χ3v) is 4.07. The molecule has 0 radical (unpaired) electrons. The topological polar surface area (TPSA) is 52.3 Å². The molecule has 1 unspecified atom stereocenters. The number of carbonyl (C=O) groups is 1. The Morgan fingerprint density at radius 2 is 1.35 bits per heavy atom. The molecule has 3 heteroatoms. The highest BCUT2D eigenvalue weighted by atomic mass is 16.5. The molecule has 0 aliphatic rings. The zero-order chi connectivity index (χ0) is 17.2. The molecule has 0 fully saturated rings. The van der Waals surface area contributed by atoms with Crippen LogP contribution in [0, 0.1) is 0 Å². The van der Waals surface area contributed by atoms with E-state index in [1.54, 1.807) is 0 Å². The van der Waals surface area contributed by atoms with Crippen molar-refractivity contribution in [1.82, 2.24) is 0 Å². The number of nitrogens with two attached hydrogens (primary N) is 1. The largest absolute Gasteiger partial charge is 0.447 e. The van der Waals surface area contributed by atoms with E-state index in [0.29, 0.717) is 0 Å². The van der Waals surface area contributed by atoms with Gasteiger partial charge in [0.1, 0.15) is 0 Å². The summed E-state index contributed by atoms with van der Waals surface area (Å²) in [6, 6.07) is 0. The molecule has 0 spiro atoms. The van der Waals surface area contributed by atoms with Crippen molar-refractivity contribution in [2.24, 2.45) is 5.73 Å². The average Bonchev–Trinajstić information content (AvgIpc) is 2.50. The Balaban J connectivity index is 3.17. The highest BCUT2D eigenvalue weighted by molar-refractivity contribution is 5.66. The van der Waals surface area contributed by atoms with E-state index in [2.05, 4.69) is 19.1 Å². The second kappa shape index (κ2) is 17.5. The summed E-state index contributed by atoms with van der Waals surface area (Å²) < 4.78 is 4.90. The molecule has 0 aromatic carbocycles. The lowest BCUT2D eigenvalue weighted by Crippen LogP contribution is -2.25. The van der Waals surface area contributed by atoms with Crippen LogP contribution in [-0.4, -0.2) is 12.2 Å². The van der Waals surface area contributed by atoms with Crippen LogP contribution in [0.1, 0.15) is 104 Å². The molecule has 0 aromatic rings. The van der Waals surface area contributed by atoms with Crippen molar-refractivity contribution in [2.45, 2.75) is 110 Å². The maximum Gasteiger partial charge on any atom is 0.304 e. The molecule has 0 bridgehead atoms. The van der Waals surface area contributed by atoms with Crippen LogP contribution in [0.25, 0.3) is 0 Å². The molecule has 0 aromatic heterocycles. The van der Waals surface area contributed by atoms with Crippen LogP contribution in [0.15, 0.2) is 12.2 Å². The molecule has 0 saturated carbocycles. The first-order valence-electron chi connectivity index (χ1n) is 9.74. The van der Waals surface area contributed by atoms with E-state index in [1.807, 2.05) is 0 Å². The van der Waals surface area contributed by atoms with Crippen LogP contribution in [0.4, 0.5) is 0 Å². The molecule has 136 valence electrons. The van der Waals surface area contributed by atoms with Crippen LogP contribution in [0.2, 0.25) is 0 Å². The van der Waals surface area contributed by atoms with E-state index >= 15 is 0 Å². The van der Waals surface area contributed by atoms with Gasteiger partial charge in [0.2, 0.25) is 0 Å². The van der Waals surface area contributed by atoms with E-state index in [0.717, 1.165) is 12.8 Å². The maximum atomic E-state index is 10.7. The van der Waals surface area contributed by atoms with Crippen LogP contribution >= 0.6 is 0 Å². The Labute approximate surface area is 144 Å². The summed E-state index contributed by atoms with van der Waals surface area (Å²) in [6.07, 6.45) is 21.8. The summed E-state index contributed by atoms with van der Waals surface area (Å²) >= 11 is 0. The summed E-state index contributed by atoms with van der Waals surface area (Å²) in [7, 11) is 0. The summed E-state index contributed by atoms with van der Waals surface area (Å²) in [5.41, 5.74) is 5.68. The Morgan fingerprint density at radius 1 is 0.870 bits per heavy atom. The van der Waals surface area contributed by atoms with E-state index in [1.165, 1.54) is 84.0 Å². The zero-order valence-electron chi connectivity index (χ0n) is 15.5. The van der Waals surface area contributed by atoms with E-state index in [-0.39, 0.29) is 5.97 Å². The Morgan fingerprint density at radius 3 is 1.87 bits per heavy atom. The van der Waals surface area contributed by atoms with Crippen molar-refractivity contribution in [3.63, 3.8) is 0 Å². The monoisotopic (exact) mass is 325 g/mol. The molecule has 0 heterocycles. The van der Waals surface area contributed by atoms with Gasteiger partial charge in [-0.1, -0.05) is 70.4 Å². The van der Waals surface area contributed by atoms with Crippen LogP contribution in [0.3, 0.4) is 0 Å². The fraction of sp³-hybridized carbons (Fsp3) is 0.850. The van der Waals surface area contributed by atoms with Crippen LogP contribution < -0.4 is 5.73 Å². The lowest BCUT2D eigenvalue weighted by atomic mass is 10.1. The van der Waals surface area contributed by atoms with Crippen molar-refractivity contribution in [3.8, 4) is 0 Å². The highest BCUT2D eigenvalue weighted by Gasteiger charge is 2.04. The summed E-state index contributed by atoms with van der Waals surface area (Å²) in [5.74, 6) is -0.287. The lowest BCUT2D eigenvalue weighted by molar-refractivity contribution is -0.146. The second-order valence-electron chi connectivity index (χ2n) is 6.52.